The smallest absolute Gasteiger partial charge is 0.259 e. The molecule has 2 aromatic rings. The summed E-state index contributed by atoms with van der Waals surface area (Å²) in [6, 6.07) is 7.41. The number of nitrogens with one attached hydrogen (secondary N) is 2. The number of aliphatic imine (C=N–C) groups is 1. The number of rotatable bonds is 2. The second kappa shape index (κ2) is 4.21. The Hall–Kier alpha value is -2.43. The zero-order valence-corrected chi connectivity index (χ0v) is 9.32. The molecule has 0 atom stereocenters. The van der Waals surface area contributed by atoms with Crippen LogP contribution in [0.4, 0.5) is 0 Å². The van der Waals surface area contributed by atoms with E-state index >= 15 is 0 Å². The van der Waals surface area contributed by atoms with Crippen LogP contribution in [-0.4, -0.2) is 17.2 Å². The third-order valence-corrected chi connectivity index (χ3v) is 2.48. The average Bonchev–Trinajstić information content (AvgIpc) is 2.29. The minimum atomic E-state index is -0.301. The normalized spacial score (nSPS) is 11.7. The van der Waals surface area contributed by atoms with Crippen LogP contribution in [0.5, 0.6) is 0 Å². The first-order valence-electron chi connectivity index (χ1n) is 5.08. The van der Waals surface area contributed by atoms with E-state index in [1.165, 1.54) is 0 Å². The number of nitrogens with zero attached hydrogens (tertiary/aromatic N) is 1. The van der Waals surface area contributed by atoms with Gasteiger partial charge in [0.1, 0.15) is 12.2 Å². The van der Waals surface area contributed by atoms with Crippen molar-refractivity contribution >= 4 is 23.1 Å². The van der Waals surface area contributed by atoms with Crippen LogP contribution in [0.2, 0.25) is 0 Å². The van der Waals surface area contributed by atoms with E-state index in [1.807, 2.05) is 25.1 Å². The molecular weight excluding hydrogens is 216 g/mol. The molecule has 17 heavy (non-hydrogen) atoms. The van der Waals surface area contributed by atoms with Gasteiger partial charge in [0.25, 0.3) is 5.56 Å². The summed E-state index contributed by atoms with van der Waals surface area (Å²) in [6.07, 6.45) is 0.815. The Labute approximate surface area is 97.5 Å². The fourth-order valence-electron chi connectivity index (χ4n) is 1.66. The van der Waals surface area contributed by atoms with Gasteiger partial charge in [0, 0.05) is 5.52 Å². The van der Waals surface area contributed by atoms with Crippen molar-refractivity contribution in [1.29, 1.82) is 5.41 Å². The van der Waals surface area contributed by atoms with Crippen LogP contribution < -0.4 is 11.3 Å². The summed E-state index contributed by atoms with van der Waals surface area (Å²) < 4.78 is 0. The van der Waals surface area contributed by atoms with Gasteiger partial charge >= 0.3 is 0 Å². The molecule has 0 aliphatic heterocycles. The van der Waals surface area contributed by atoms with Crippen LogP contribution >= 0.6 is 0 Å². The highest BCUT2D eigenvalue weighted by Gasteiger charge is 2.06. The predicted octanol–water partition coefficient (Wildman–Crippen LogP) is 1.15. The van der Waals surface area contributed by atoms with Crippen molar-refractivity contribution in [3.8, 4) is 0 Å². The maximum absolute atomic E-state index is 11.7. The number of aryl methyl sites for hydroxylation is 1. The number of nitrogens with two attached hydrogens (primary N) is 1. The van der Waals surface area contributed by atoms with Gasteiger partial charge in [-0.3, -0.25) is 10.2 Å². The van der Waals surface area contributed by atoms with E-state index in [-0.39, 0.29) is 17.0 Å². The SMILES string of the molecule is Cc1ccc2[nH]c(=O)c(C(N)=NC=N)cc2c1. The molecule has 1 aromatic heterocycles. The molecule has 0 saturated carbocycles. The molecular formula is C12H12N4O. The van der Waals surface area contributed by atoms with Crippen LogP contribution in [0.1, 0.15) is 11.1 Å². The zero-order valence-electron chi connectivity index (χ0n) is 9.32. The molecule has 1 heterocycles. The second-order valence-electron chi connectivity index (χ2n) is 3.75. The molecule has 86 valence electrons. The van der Waals surface area contributed by atoms with Crippen molar-refractivity contribution in [3.05, 3.63) is 45.7 Å². The van der Waals surface area contributed by atoms with E-state index in [4.69, 9.17) is 11.1 Å². The van der Waals surface area contributed by atoms with Crippen molar-refractivity contribution < 1.29 is 0 Å². The van der Waals surface area contributed by atoms with E-state index in [2.05, 4.69) is 9.98 Å². The molecule has 5 nitrogen and oxygen atoms in total. The molecule has 0 aliphatic carbocycles. The third-order valence-electron chi connectivity index (χ3n) is 2.48. The van der Waals surface area contributed by atoms with Gasteiger partial charge in [0.2, 0.25) is 0 Å². The molecule has 0 spiro atoms. The van der Waals surface area contributed by atoms with Gasteiger partial charge in [-0.25, -0.2) is 4.99 Å². The predicted molar refractivity (Wildman–Crippen MR) is 68.8 cm³/mol. The Morgan fingerprint density at radius 2 is 2.24 bits per heavy atom. The number of hydrogen-bond acceptors (Lipinski definition) is 2. The quantitative estimate of drug-likeness (QED) is 0.531. The van der Waals surface area contributed by atoms with Gasteiger partial charge in [-0.2, -0.15) is 0 Å². The lowest BCUT2D eigenvalue weighted by Crippen LogP contribution is -2.24. The summed E-state index contributed by atoms with van der Waals surface area (Å²) in [5.41, 5.74) is 7.45. The maximum atomic E-state index is 11.7. The van der Waals surface area contributed by atoms with Gasteiger partial charge in [-0.1, -0.05) is 11.6 Å². The van der Waals surface area contributed by atoms with Gasteiger partial charge in [0.05, 0.1) is 5.56 Å². The number of hydrogen-bond donors (Lipinski definition) is 3. The number of fused-ring (bicyclic) bond motifs is 1. The molecule has 0 saturated heterocycles. The average molecular weight is 228 g/mol. The molecule has 0 unspecified atom stereocenters. The van der Waals surface area contributed by atoms with Crippen LogP contribution in [0.15, 0.2) is 34.1 Å². The molecule has 2 rings (SSSR count). The van der Waals surface area contributed by atoms with Crippen LogP contribution in [0.25, 0.3) is 10.9 Å². The van der Waals surface area contributed by atoms with Crippen molar-refractivity contribution in [1.82, 2.24) is 4.98 Å². The monoisotopic (exact) mass is 228 g/mol. The Morgan fingerprint density at radius 1 is 1.47 bits per heavy atom. The number of aromatic amines is 1. The molecule has 0 fully saturated rings. The van der Waals surface area contributed by atoms with Crippen molar-refractivity contribution in [2.75, 3.05) is 0 Å². The van der Waals surface area contributed by atoms with E-state index in [1.54, 1.807) is 6.07 Å². The summed E-state index contributed by atoms with van der Waals surface area (Å²) in [5, 5.41) is 7.74. The van der Waals surface area contributed by atoms with Crippen molar-refractivity contribution in [2.24, 2.45) is 10.7 Å². The largest absolute Gasteiger partial charge is 0.383 e. The third kappa shape index (κ3) is 2.08. The molecule has 0 aliphatic rings. The minimum absolute atomic E-state index is 0.0460. The van der Waals surface area contributed by atoms with Crippen molar-refractivity contribution in [2.45, 2.75) is 6.92 Å². The maximum Gasteiger partial charge on any atom is 0.259 e. The highest BCUT2D eigenvalue weighted by atomic mass is 16.1. The number of aromatic nitrogens is 1. The van der Waals surface area contributed by atoms with Crippen molar-refractivity contribution in [3.63, 3.8) is 0 Å². The Morgan fingerprint density at radius 3 is 2.94 bits per heavy atom. The van der Waals surface area contributed by atoms with Crippen LogP contribution in [0, 0.1) is 12.3 Å². The molecule has 0 radical (unpaired) electrons. The molecule has 4 N–H and O–H groups in total. The zero-order chi connectivity index (χ0) is 12.4. The fraction of sp³-hybridized carbons (Fsp3) is 0.0833. The topological polar surface area (TPSA) is 95.1 Å². The highest BCUT2D eigenvalue weighted by Crippen LogP contribution is 2.12. The van der Waals surface area contributed by atoms with Gasteiger partial charge in [0.15, 0.2) is 0 Å². The molecule has 5 heteroatoms. The highest BCUT2D eigenvalue weighted by molar-refractivity contribution is 6.02. The number of benzene rings is 1. The van der Waals surface area contributed by atoms with Gasteiger partial charge < -0.3 is 10.7 Å². The van der Waals surface area contributed by atoms with Crippen LogP contribution in [0.3, 0.4) is 0 Å². The first-order chi connectivity index (χ1) is 8.11. The van der Waals surface area contributed by atoms with E-state index in [0.717, 1.165) is 22.8 Å². The Bertz CT molecular complexity index is 670. The molecule has 0 amide bonds. The lowest BCUT2D eigenvalue weighted by molar-refractivity contribution is 1.27. The lowest BCUT2D eigenvalue weighted by Gasteiger charge is -2.03. The summed E-state index contributed by atoms with van der Waals surface area (Å²) in [7, 11) is 0. The van der Waals surface area contributed by atoms with Crippen LogP contribution in [-0.2, 0) is 0 Å². The van der Waals surface area contributed by atoms with Gasteiger partial charge in [-0.05, 0) is 30.5 Å². The van der Waals surface area contributed by atoms with E-state index in [0.29, 0.717) is 0 Å². The first-order valence-corrected chi connectivity index (χ1v) is 5.08. The number of H-pyrrole nitrogens is 1. The molecule has 1 aromatic carbocycles. The summed E-state index contributed by atoms with van der Waals surface area (Å²) in [4.78, 5) is 18.1. The van der Waals surface area contributed by atoms with Gasteiger partial charge in [-0.15, -0.1) is 0 Å². The lowest BCUT2D eigenvalue weighted by atomic mass is 10.1. The second-order valence-corrected chi connectivity index (χ2v) is 3.75. The summed E-state index contributed by atoms with van der Waals surface area (Å²) >= 11 is 0. The fourth-order valence-corrected chi connectivity index (χ4v) is 1.66. The standard InChI is InChI=1S/C12H12N4O/c1-7-2-3-10-8(4-7)5-9(12(17)16-10)11(14)15-6-13/h2-6H,1H3,(H,16,17)(H3,13,14,15). The number of amidine groups is 1. The van der Waals surface area contributed by atoms with E-state index in [9.17, 15) is 4.79 Å². The number of pyridine rings is 1. The minimum Gasteiger partial charge on any atom is -0.383 e. The van der Waals surface area contributed by atoms with E-state index < -0.39 is 0 Å². The summed E-state index contributed by atoms with van der Waals surface area (Å²) in [6.45, 7) is 1.97. The molecule has 0 bridgehead atoms. The summed E-state index contributed by atoms with van der Waals surface area (Å²) in [5.74, 6) is 0.0460. The first kappa shape index (κ1) is 11.1. The Balaban J connectivity index is 2.74. The Kier molecular flexibility index (Phi) is 2.74.